The van der Waals surface area contributed by atoms with Gasteiger partial charge in [0.05, 0.1) is 4.92 Å². The van der Waals surface area contributed by atoms with Gasteiger partial charge in [0.1, 0.15) is 11.5 Å². The van der Waals surface area contributed by atoms with Crippen molar-refractivity contribution in [1.82, 2.24) is 0 Å². The molecule has 0 fully saturated rings. The van der Waals surface area contributed by atoms with Crippen molar-refractivity contribution in [3.05, 3.63) is 81.7 Å². The summed E-state index contributed by atoms with van der Waals surface area (Å²) in [7, 11) is 0. The molecule has 0 heterocycles. The lowest BCUT2D eigenvalue weighted by Crippen LogP contribution is -2.07. The van der Waals surface area contributed by atoms with Gasteiger partial charge in [0.15, 0.2) is 0 Å². The van der Waals surface area contributed by atoms with Gasteiger partial charge >= 0.3 is 5.69 Å². The van der Waals surface area contributed by atoms with E-state index in [1.54, 1.807) is 30.3 Å². The third-order valence-electron chi connectivity index (χ3n) is 3.99. The Balaban J connectivity index is 1.83. The molecule has 0 atom stereocenters. The summed E-state index contributed by atoms with van der Waals surface area (Å²) in [6.45, 7) is 0. The highest BCUT2D eigenvalue weighted by Gasteiger charge is 2.16. The number of nitro benzene ring substituents is 1. The molecule has 0 spiro atoms. The minimum Gasteiger partial charge on any atom is -0.507 e. The molecule has 0 bridgehead atoms. The van der Waals surface area contributed by atoms with E-state index in [0.717, 1.165) is 23.1 Å². The number of fused-ring (bicyclic) bond motifs is 1. The molecule has 6 heteroatoms. The molecule has 0 unspecified atom stereocenters. The maximum Gasteiger partial charge on any atom is 0.305 e. The Kier molecular flexibility index (Phi) is 4.43. The molecule has 3 aromatic carbocycles. The maximum absolute atomic E-state index is 13.4. The van der Waals surface area contributed by atoms with Gasteiger partial charge in [-0.3, -0.25) is 14.9 Å². The first-order chi connectivity index (χ1) is 12.0. The Morgan fingerprint density at radius 1 is 1.04 bits per heavy atom. The highest BCUT2D eigenvalue weighted by Crippen LogP contribution is 2.27. The van der Waals surface area contributed by atoms with E-state index >= 15 is 0 Å². The number of halogens is 1. The fourth-order valence-electron chi connectivity index (χ4n) is 2.82. The lowest BCUT2D eigenvalue weighted by Gasteiger charge is -2.07. The van der Waals surface area contributed by atoms with Crippen molar-refractivity contribution in [2.45, 2.75) is 12.8 Å². The van der Waals surface area contributed by atoms with Gasteiger partial charge in [-0.15, -0.1) is 0 Å². The van der Waals surface area contributed by atoms with E-state index < -0.39 is 16.4 Å². The van der Waals surface area contributed by atoms with Crippen molar-refractivity contribution in [2.75, 3.05) is 0 Å². The molecule has 0 aliphatic heterocycles. The zero-order valence-corrected chi connectivity index (χ0v) is 13.1. The van der Waals surface area contributed by atoms with Crippen LogP contribution in [0.2, 0.25) is 0 Å². The molecule has 0 aromatic heterocycles. The van der Waals surface area contributed by atoms with Crippen molar-refractivity contribution in [3.63, 3.8) is 0 Å². The molecule has 0 saturated carbocycles. The van der Waals surface area contributed by atoms with Crippen LogP contribution in [0.3, 0.4) is 0 Å². The largest absolute Gasteiger partial charge is 0.507 e. The van der Waals surface area contributed by atoms with Gasteiger partial charge < -0.3 is 5.11 Å². The van der Waals surface area contributed by atoms with Crippen LogP contribution in [-0.2, 0) is 17.6 Å². The summed E-state index contributed by atoms with van der Waals surface area (Å²) in [6.07, 6.45) is 0.0856. The number of ketones is 1. The first-order valence-electron chi connectivity index (χ1n) is 7.60. The van der Waals surface area contributed by atoms with Crippen molar-refractivity contribution in [1.29, 1.82) is 0 Å². The predicted molar refractivity (Wildman–Crippen MR) is 91.1 cm³/mol. The number of Topliss-reactive ketones (excluding diaryl/α,β-unsaturated/α-hetero) is 1. The third-order valence-corrected chi connectivity index (χ3v) is 3.99. The van der Waals surface area contributed by atoms with Crippen LogP contribution in [0, 0.1) is 15.9 Å². The van der Waals surface area contributed by atoms with E-state index in [4.69, 9.17) is 0 Å². The molecule has 0 radical (unpaired) electrons. The predicted octanol–water partition coefficient (Wildman–Crippen LogP) is 3.95. The Labute approximate surface area is 142 Å². The zero-order valence-electron chi connectivity index (χ0n) is 13.1. The summed E-state index contributed by atoms with van der Waals surface area (Å²) in [5, 5.41) is 22.1. The molecular weight excluding hydrogens is 325 g/mol. The summed E-state index contributed by atoms with van der Waals surface area (Å²) >= 11 is 0. The number of hydrogen-bond acceptors (Lipinski definition) is 4. The summed E-state index contributed by atoms with van der Waals surface area (Å²) in [5.74, 6) is -0.941. The second-order valence-electron chi connectivity index (χ2n) is 5.72. The molecule has 3 rings (SSSR count). The van der Waals surface area contributed by atoms with E-state index in [2.05, 4.69) is 0 Å². The van der Waals surface area contributed by atoms with Gasteiger partial charge in [0.25, 0.3) is 0 Å². The summed E-state index contributed by atoms with van der Waals surface area (Å²) < 4.78 is 13.4. The van der Waals surface area contributed by atoms with Gasteiger partial charge in [-0.25, -0.2) is 0 Å². The highest BCUT2D eigenvalue weighted by molar-refractivity contribution is 5.94. The van der Waals surface area contributed by atoms with E-state index in [9.17, 15) is 24.4 Å². The van der Waals surface area contributed by atoms with Crippen LogP contribution in [0.15, 0.2) is 54.6 Å². The Morgan fingerprint density at radius 2 is 1.76 bits per heavy atom. The van der Waals surface area contributed by atoms with Crippen molar-refractivity contribution in [3.8, 4) is 5.75 Å². The molecule has 0 amide bonds. The average Bonchev–Trinajstić information content (AvgIpc) is 2.57. The molecule has 3 aromatic rings. The third kappa shape index (κ3) is 3.47. The number of nitro groups is 1. The molecule has 0 aliphatic rings. The Hall–Kier alpha value is -3.28. The molecule has 126 valence electrons. The van der Waals surface area contributed by atoms with Crippen LogP contribution in [0.25, 0.3) is 10.8 Å². The van der Waals surface area contributed by atoms with Gasteiger partial charge in [0, 0.05) is 24.3 Å². The number of nitrogens with zero attached hydrogens (tertiary/aromatic N) is 1. The standard InChI is InChI=1S/C19H14FNO4/c20-17-8-7-12(10-18(17)21(24)25)9-14(22)11-13-3-1-5-16-15(13)4-2-6-19(16)23/h1-8,10,23H,9,11H2. The Bertz CT molecular complexity index is 984. The fourth-order valence-corrected chi connectivity index (χ4v) is 2.82. The molecular formula is C19H14FNO4. The SMILES string of the molecule is O=C(Cc1ccc(F)c([N+](=O)[O-])c1)Cc1cccc2c(O)cccc12. The minimum absolute atomic E-state index is 0.0314. The second kappa shape index (κ2) is 6.68. The maximum atomic E-state index is 13.4. The number of aromatic hydroxyl groups is 1. The monoisotopic (exact) mass is 339 g/mol. The summed E-state index contributed by atoms with van der Waals surface area (Å²) in [4.78, 5) is 22.3. The fraction of sp³-hybridized carbons (Fsp3) is 0.105. The van der Waals surface area contributed by atoms with Gasteiger partial charge in [-0.2, -0.15) is 4.39 Å². The summed E-state index contributed by atoms with van der Waals surface area (Å²) in [6, 6.07) is 13.9. The first kappa shape index (κ1) is 16.6. The topological polar surface area (TPSA) is 80.4 Å². The van der Waals surface area contributed by atoms with Crippen LogP contribution in [-0.4, -0.2) is 15.8 Å². The van der Waals surface area contributed by atoms with Gasteiger partial charge in [-0.05, 0) is 28.6 Å². The van der Waals surface area contributed by atoms with E-state index in [-0.39, 0.29) is 24.4 Å². The second-order valence-corrected chi connectivity index (χ2v) is 5.72. The number of rotatable bonds is 5. The zero-order chi connectivity index (χ0) is 18.0. The lowest BCUT2D eigenvalue weighted by atomic mass is 9.97. The minimum atomic E-state index is -0.925. The van der Waals surface area contributed by atoms with E-state index in [1.807, 2.05) is 6.07 Å². The smallest absolute Gasteiger partial charge is 0.305 e. The summed E-state index contributed by atoms with van der Waals surface area (Å²) in [5.41, 5.74) is 0.511. The highest BCUT2D eigenvalue weighted by atomic mass is 19.1. The molecule has 1 N–H and O–H groups in total. The van der Waals surface area contributed by atoms with Crippen LogP contribution in [0.5, 0.6) is 5.75 Å². The molecule has 5 nitrogen and oxygen atoms in total. The average molecular weight is 339 g/mol. The van der Waals surface area contributed by atoms with Crippen LogP contribution in [0.4, 0.5) is 10.1 Å². The quantitative estimate of drug-likeness (QED) is 0.564. The number of phenolic OH excluding ortho intramolecular Hbond substituents is 1. The van der Waals surface area contributed by atoms with Crippen molar-refractivity contribution in [2.24, 2.45) is 0 Å². The number of carbonyl (C=O) groups is 1. The molecule has 0 aliphatic carbocycles. The van der Waals surface area contributed by atoms with Gasteiger partial charge in [0.2, 0.25) is 5.82 Å². The van der Waals surface area contributed by atoms with E-state index in [1.165, 1.54) is 6.07 Å². The Morgan fingerprint density at radius 3 is 2.52 bits per heavy atom. The number of benzene rings is 3. The van der Waals surface area contributed by atoms with Crippen LogP contribution in [0.1, 0.15) is 11.1 Å². The normalized spacial score (nSPS) is 10.8. The van der Waals surface area contributed by atoms with Crippen LogP contribution < -0.4 is 0 Å². The first-order valence-corrected chi connectivity index (χ1v) is 7.60. The number of phenols is 1. The van der Waals surface area contributed by atoms with Crippen LogP contribution >= 0.6 is 0 Å². The molecule has 25 heavy (non-hydrogen) atoms. The van der Waals surface area contributed by atoms with Gasteiger partial charge in [-0.1, -0.05) is 36.4 Å². The molecule has 0 saturated heterocycles. The number of hydrogen-bond donors (Lipinski definition) is 1. The van der Waals surface area contributed by atoms with E-state index in [0.29, 0.717) is 10.9 Å². The number of carbonyl (C=O) groups excluding carboxylic acids is 1. The van der Waals surface area contributed by atoms with Crippen molar-refractivity contribution < 1.29 is 19.2 Å². The lowest BCUT2D eigenvalue weighted by molar-refractivity contribution is -0.387. The van der Waals surface area contributed by atoms with Crippen molar-refractivity contribution >= 4 is 22.2 Å².